The van der Waals surface area contributed by atoms with E-state index >= 15 is 0 Å². The first kappa shape index (κ1) is 28.5. The molecule has 0 aliphatic carbocycles. The zero-order chi connectivity index (χ0) is 20.2. The van der Waals surface area contributed by atoms with E-state index in [9.17, 15) is 4.79 Å². The molecule has 0 saturated heterocycles. The summed E-state index contributed by atoms with van der Waals surface area (Å²) in [6.07, 6.45) is 0.486. The van der Waals surface area contributed by atoms with Gasteiger partial charge in [0.1, 0.15) is 0 Å². The van der Waals surface area contributed by atoms with Gasteiger partial charge in [-0.25, -0.2) is 0 Å². The lowest BCUT2D eigenvalue weighted by Crippen LogP contribution is -2.42. The second-order valence-electron chi connectivity index (χ2n) is 7.06. The van der Waals surface area contributed by atoms with Gasteiger partial charge in [-0.2, -0.15) is 0 Å². The predicted octanol–water partition coefficient (Wildman–Crippen LogP) is 5.41. The fourth-order valence-electron chi connectivity index (χ4n) is 2.10. The molecule has 150 valence electrons. The second-order valence-corrected chi connectivity index (χ2v) is 8.23. The van der Waals surface area contributed by atoms with Crippen LogP contribution >= 0.6 is 11.2 Å². The molecule has 0 aromatic rings. The number of carbonyl (C=O) groups is 1. The summed E-state index contributed by atoms with van der Waals surface area (Å²) in [5, 5.41) is 2.89. The molecule has 0 spiro atoms. The maximum Gasteiger partial charge on any atom is 0.225 e. The molecule has 0 saturated carbocycles. The van der Waals surface area contributed by atoms with E-state index in [-0.39, 0.29) is 12.5 Å². The molecule has 6 nitrogen and oxygen atoms in total. The first-order valence-electron chi connectivity index (χ1n) is 8.68. The third-order valence-corrected chi connectivity index (χ3v) is 3.25. The van der Waals surface area contributed by atoms with Gasteiger partial charge in [-0.05, 0) is 17.8 Å². The molecule has 0 aromatic carbocycles. The van der Waals surface area contributed by atoms with Gasteiger partial charge in [0.15, 0.2) is 0 Å². The molecule has 0 rings (SSSR count). The van der Waals surface area contributed by atoms with Gasteiger partial charge < -0.3 is 5.32 Å². The van der Waals surface area contributed by atoms with Crippen LogP contribution < -0.4 is 5.32 Å². The zero-order valence-corrected chi connectivity index (χ0v) is 18.1. The molecule has 0 radical (unpaired) electrons. The van der Waals surface area contributed by atoms with E-state index in [4.69, 9.17) is 13.7 Å². The van der Waals surface area contributed by atoms with E-state index in [1.54, 1.807) is 0 Å². The first-order chi connectivity index (χ1) is 10.8. The fraction of sp³-hybridized carbons (Fsp3) is 0.941. The van der Waals surface area contributed by atoms with E-state index < -0.39 is 22.0 Å². The Labute approximate surface area is 151 Å². The Bertz CT molecular complexity index is 325. The van der Waals surface area contributed by atoms with Crippen LogP contribution in [0.3, 0.4) is 0 Å². The lowest BCUT2D eigenvalue weighted by Gasteiger charge is -2.35. The van der Waals surface area contributed by atoms with Crippen LogP contribution in [0.25, 0.3) is 0 Å². The molecule has 0 aliphatic heterocycles. The fourth-order valence-corrected chi connectivity index (χ4v) is 2.58. The standard InChI is InChI=1S/C13H29NO5S.2C2H6/c1-10(2)7-14-11(15)13(5,6)8-12(3,4)9-19-20(16,17)18;2*1-2/h10,16-18H,7-9H2,1-6H3,(H,14,15);2*1-2H3. The largest absolute Gasteiger partial charge is 0.355 e. The SMILES string of the molecule is CC.CC.CC(C)CNC(=O)C(C)(C)CC(C)(C)COS(O)(O)O. The minimum Gasteiger partial charge on any atom is -0.355 e. The summed E-state index contributed by atoms with van der Waals surface area (Å²) in [5.74, 6) is 0.336. The van der Waals surface area contributed by atoms with Crippen LogP contribution in [0.4, 0.5) is 0 Å². The Hall–Kier alpha value is -0.340. The molecule has 0 bridgehead atoms. The molecule has 0 atom stereocenters. The number of rotatable bonds is 8. The highest BCUT2D eigenvalue weighted by Gasteiger charge is 2.35. The molecular weight excluding hydrogens is 330 g/mol. The van der Waals surface area contributed by atoms with Gasteiger partial charge in [0.05, 0.1) is 6.61 Å². The van der Waals surface area contributed by atoms with Gasteiger partial charge in [-0.3, -0.25) is 22.6 Å². The summed E-state index contributed by atoms with van der Waals surface area (Å²) in [5.41, 5.74) is -1.09. The van der Waals surface area contributed by atoms with Crippen molar-refractivity contribution in [1.82, 2.24) is 5.32 Å². The van der Waals surface area contributed by atoms with Crippen molar-refractivity contribution in [3.05, 3.63) is 0 Å². The third kappa shape index (κ3) is 16.5. The number of nitrogens with one attached hydrogen (secondary N) is 1. The van der Waals surface area contributed by atoms with Gasteiger partial charge in [-0.15, -0.1) is 0 Å². The van der Waals surface area contributed by atoms with Crippen molar-refractivity contribution in [2.45, 2.75) is 75.7 Å². The van der Waals surface area contributed by atoms with Gasteiger partial charge in [-0.1, -0.05) is 69.2 Å². The van der Waals surface area contributed by atoms with Gasteiger partial charge >= 0.3 is 0 Å². The Morgan fingerprint density at radius 1 is 1.04 bits per heavy atom. The first-order valence-corrected chi connectivity index (χ1v) is 10.1. The van der Waals surface area contributed by atoms with Crippen molar-refractivity contribution >= 4 is 17.1 Å². The molecule has 7 heteroatoms. The van der Waals surface area contributed by atoms with Crippen molar-refractivity contribution in [3.8, 4) is 0 Å². The van der Waals surface area contributed by atoms with Gasteiger partial charge in [0.25, 0.3) is 0 Å². The summed E-state index contributed by atoms with van der Waals surface area (Å²) in [6.45, 7) is 20.0. The molecular formula is C17H41NO5S. The van der Waals surface area contributed by atoms with E-state index in [1.165, 1.54) is 0 Å². The second kappa shape index (κ2) is 12.9. The highest BCUT2D eigenvalue weighted by molar-refractivity contribution is 8.15. The van der Waals surface area contributed by atoms with Crippen molar-refractivity contribution in [1.29, 1.82) is 0 Å². The minimum absolute atomic E-state index is 0.0464. The number of amides is 1. The van der Waals surface area contributed by atoms with E-state index in [0.717, 1.165) is 0 Å². The Kier molecular flexibility index (Phi) is 15.3. The summed E-state index contributed by atoms with van der Waals surface area (Å²) < 4.78 is 31.1. The normalized spacial score (nSPS) is 12.6. The maximum atomic E-state index is 12.2. The van der Waals surface area contributed by atoms with Crippen molar-refractivity contribution in [2.24, 2.45) is 16.7 Å². The maximum absolute atomic E-state index is 12.2. The monoisotopic (exact) mass is 371 g/mol. The Morgan fingerprint density at radius 3 is 1.79 bits per heavy atom. The lowest BCUT2D eigenvalue weighted by molar-refractivity contribution is -0.131. The van der Waals surface area contributed by atoms with Crippen LogP contribution in [0, 0.1) is 16.7 Å². The molecule has 0 aromatic heterocycles. The van der Waals surface area contributed by atoms with E-state index in [1.807, 2.05) is 69.2 Å². The van der Waals surface area contributed by atoms with Crippen LogP contribution in [0.5, 0.6) is 0 Å². The van der Waals surface area contributed by atoms with Crippen molar-refractivity contribution in [2.75, 3.05) is 13.2 Å². The Morgan fingerprint density at radius 2 is 1.46 bits per heavy atom. The molecule has 24 heavy (non-hydrogen) atoms. The lowest BCUT2D eigenvalue weighted by atomic mass is 9.75. The van der Waals surface area contributed by atoms with E-state index in [2.05, 4.69) is 9.50 Å². The van der Waals surface area contributed by atoms with Crippen molar-refractivity contribution < 1.29 is 22.6 Å². The van der Waals surface area contributed by atoms with Crippen LogP contribution in [0.1, 0.15) is 75.7 Å². The predicted molar refractivity (Wildman–Crippen MR) is 104 cm³/mol. The van der Waals surface area contributed by atoms with Crippen LogP contribution in [0.2, 0.25) is 0 Å². The average molecular weight is 372 g/mol. The molecule has 0 heterocycles. The summed E-state index contributed by atoms with van der Waals surface area (Å²) in [4.78, 5) is 12.2. The number of hydrogen-bond donors (Lipinski definition) is 4. The summed E-state index contributed by atoms with van der Waals surface area (Å²) >= 11 is -3.96. The molecule has 4 N–H and O–H groups in total. The molecule has 0 unspecified atom stereocenters. The number of carbonyl (C=O) groups excluding carboxylic acids is 1. The zero-order valence-electron chi connectivity index (χ0n) is 17.3. The van der Waals surface area contributed by atoms with Crippen LogP contribution in [-0.4, -0.2) is 32.7 Å². The topological polar surface area (TPSA) is 99.0 Å². The quantitative estimate of drug-likeness (QED) is 0.457. The highest BCUT2D eigenvalue weighted by atomic mass is 32.3. The minimum atomic E-state index is -3.96. The number of hydrogen-bond acceptors (Lipinski definition) is 5. The van der Waals surface area contributed by atoms with Crippen LogP contribution in [0.15, 0.2) is 0 Å². The Balaban J connectivity index is -0.00000102. The molecule has 0 aliphatic rings. The third-order valence-electron chi connectivity index (χ3n) is 2.81. The van der Waals surface area contributed by atoms with Gasteiger partial charge in [0.2, 0.25) is 17.1 Å². The van der Waals surface area contributed by atoms with E-state index in [0.29, 0.717) is 18.9 Å². The molecule has 0 fully saturated rings. The smallest absolute Gasteiger partial charge is 0.225 e. The summed E-state index contributed by atoms with van der Waals surface area (Å²) in [7, 11) is 0. The van der Waals surface area contributed by atoms with Gasteiger partial charge in [0, 0.05) is 12.0 Å². The highest BCUT2D eigenvalue weighted by Crippen LogP contribution is 2.40. The van der Waals surface area contributed by atoms with Crippen LogP contribution in [-0.2, 0) is 8.98 Å². The van der Waals surface area contributed by atoms with Crippen molar-refractivity contribution in [3.63, 3.8) is 0 Å². The summed E-state index contributed by atoms with van der Waals surface area (Å²) in [6, 6.07) is 0. The average Bonchev–Trinajstić information content (AvgIpc) is 2.45. The molecule has 1 amide bonds.